The minimum atomic E-state index is -1.01. The molecule has 0 aliphatic rings. The molecule has 0 heterocycles. The van der Waals surface area contributed by atoms with Gasteiger partial charge < -0.3 is 9.84 Å². The molecule has 0 radical (unpaired) electrons. The number of rotatable bonds is 4. The van der Waals surface area contributed by atoms with Crippen LogP contribution in [0.2, 0.25) is 0 Å². The van der Waals surface area contributed by atoms with Crippen LogP contribution in [-0.2, 0) is 4.79 Å². The molecule has 0 fully saturated rings. The first kappa shape index (κ1) is 15.3. The third-order valence-electron chi connectivity index (χ3n) is 2.73. The summed E-state index contributed by atoms with van der Waals surface area (Å²) in [5, 5.41) is 8.59. The number of hydrogen-bond donors (Lipinski definition) is 1. The molecule has 3 nitrogen and oxygen atoms in total. The maximum Gasteiger partial charge on any atom is 0.328 e. The van der Waals surface area contributed by atoms with Crippen LogP contribution < -0.4 is 4.74 Å². The second kappa shape index (κ2) is 6.54. The van der Waals surface area contributed by atoms with E-state index in [-0.39, 0.29) is 5.82 Å². The van der Waals surface area contributed by atoms with E-state index < -0.39 is 5.97 Å². The molecule has 108 valence electrons. The second-order valence-corrected chi connectivity index (χ2v) is 5.23. The average Bonchev–Trinajstić information content (AvgIpc) is 2.43. The van der Waals surface area contributed by atoms with E-state index in [2.05, 4.69) is 15.9 Å². The number of benzene rings is 2. The van der Waals surface area contributed by atoms with Gasteiger partial charge in [-0.1, -0.05) is 6.07 Å². The lowest BCUT2D eigenvalue weighted by Crippen LogP contribution is -1.89. The molecule has 0 aliphatic carbocycles. The van der Waals surface area contributed by atoms with Crippen molar-refractivity contribution >= 4 is 28.0 Å². The fourth-order valence-electron chi connectivity index (χ4n) is 1.68. The van der Waals surface area contributed by atoms with Crippen LogP contribution in [0, 0.1) is 12.7 Å². The van der Waals surface area contributed by atoms with E-state index in [1.54, 1.807) is 37.3 Å². The molecule has 0 saturated heterocycles. The number of hydrogen-bond acceptors (Lipinski definition) is 2. The van der Waals surface area contributed by atoms with Crippen molar-refractivity contribution in [2.24, 2.45) is 0 Å². The average molecular weight is 351 g/mol. The molecule has 0 unspecified atom stereocenters. The summed E-state index contributed by atoms with van der Waals surface area (Å²) in [4.78, 5) is 10.5. The third kappa shape index (κ3) is 4.16. The van der Waals surface area contributed by atoms with E-state index >= 15 is 0 Å². The lowest BCUT2D eigenvalue weighted by atomic mass is 10.2. The Bertz CT molecular complexity index is 711. The summed E-state index contributed by atoms with van der Waals surface area (Å²) in [6, 6.07) is 9.70. The largest absolute Gasteiger partial charge is 0.478 e. The van der Waals surface area contributed by atoms with E-state index in [0.717, 1.165) is 11.6 Å². The van der Waals surface area contributed by atoms with Gasteiger partial charge in [0.25, 0.3) is 0 Å². The number of aryl methyl sites for hydroxylation is 1. The predicted octanol–water partition coefficient (Wildman–Crippen LogP) is 4.79. The maximum atomic E-state index is 13.2. The Morgan fingerprint density at radius 2 is 2.05 bits per heavy atom. The van der Waals surface area contributed by atoms with Crippen molar-refractivity contribution in [3.8, 4) is 11.5 Å². The van der Waals surface area contributed by atoms with Gasteiger partial charge in [0.2, 0.25) is 0 Å². The van der Waals surface area contributed by atoms with Gasteiger partial charge in [-0.2, -0.15) is 0 Å². The van der Waals surface area contributed by atoms with E-state index in [0.29, 0.717) is 21.5 Å². The van der Waals surface area contributed by atoms with Crippen molar-refractivity contribution in [1.29, 1.82) is 0 Å². The quantitative estimate of drug-likeness (QED) is 0.806. The Labute approximate surface area is 129 Å². The Morgan fingerprint density at radius 3 is 2.67 bits per heavy atom. The van der Waals surface area contributed by atoms with E-state index in [1.165, 1.54) is 12.1 Å². The summed E-state index contributed by atoms with van der Waals surface area (Å²) in [6.07, 6.45) is 2.55. The van der Waals surface area contributed by atoms with Crippen molar-refractivity contribution in [3.05, 3.63) is 63.9 Å². The van der Waals surface area contributed by atoms with Crippen LogP contribution in [0.25, 0.3) is 6.08 Å². The van der Waals surface area contributed by atoms with Crippen molar-refractivity contribution in [3.63, 3.8) is 0 Å². The van der Waals surface area contributed by atoms with E-state index in [1.807, 2.05) is 0 Å². The molecule has 0 amide bonds. The zero-order valence-electron chi connectivity index (χ0n) is 11.1. The SMILES string of the molecule is Cc1cc(Oc2ccc(/C=C/C(=O)O)cc2Br)ccc1F. The molecule has 2 rings (SSSR count). The lowest BCUT2D eigenvalue weighted by molar-refractivity contribution is -0.131. The number of halogens is 2. The van der Waals surface area contributed by atoms with E-state index in [4.69, 9.17) is 9.84 Å². The van der Waals surface area contributed by atoms with Gasteiger partial charge in [0.1, 0.15) is 17.3 Å². The highest BCUT2D eigenvalue weighted by molar-refractivity contribution is 9.10. The van der Waals surface area contributed by atoms with Gasteiger partial charge in [-0.25, -0.2) is 9.18 Å². The zero-order valence-corrected chi connectivity index (χ0v) is 12.7. The highest BCUT2D eigenvalue weighted by Gasteiger charge is 2.05. The molecule has 2 aromatic rings. The van der Waals surface area contributed by atoms with Gasteiger partial charge in [0.15, 0.2) is 0 Å². The van der Waals surface area contributed by atoms with Gasteiger partial charge in [-0.05, 0) is 70.4 Å². The highest BCUT2D eigenvalue weighted by atomic mass is 79.9. The number of carboxylic acid groups (broad SMARTS) is 1. The van der Waals surface area contributed by atoms with Gasteiger partial charge in [-0.3, -0.25) is 0 Å². The second-order valence-electron chi connectivity index (χ2n) is 4.37. The van der Waals surface area contributed by atoms with Crippen molar-refractivity contribution < 1.29 is 19.0 Å². The number of ether oxygens (including phenoxy) is 1. The smallest absolute Gasteiger partial charge is 0.328 e. The number of aliphatic carboxylic acids is 1. The fourth-order valence-corrected chi connectivity index (χ4v) is 2.16. The molecule has 0 saturated carbocycles. The fraction of sp³-hybridized carbons (Fsp3) is 0.0625. The van der Waals surface area contributed by atoms with Crippen LogP contribution in [0.4, 0.5) is 4.39 Å². The summed E-state index contributed by atoms with van der Waals surface area (Å²) < 4.78 is 19.5. The van der Waals surface area contributed by atoms with Crippen LogP contribution in [0.5, 0.6) is 11.5 Å². The normalized spacial score (nSPS) is 10.8. The summed E-state index contributed by atoms with van der Waals surface area (Å²) in [5.41, 5.74) is 1.23. The minimum absolute atomic E-state index is 0.282. The van der Waals surface area contributed by atoms with Gasteiger partial charge in [-0.15, -0.1) is 0 Å². The number of carboxylic acids is 1. The van der Waals surface area contributed by atoms with Crippen LogP contribution in [0.3, 0.4) is 0 Å². The summed E-state index contributed by atoms with van der Waals surface area (Å²) in [7, 11) is 0. The molecule has 21 heavy (non-hydrogen) atoms. The molecule has 0 atom stereocenters. The Hall–Kier alpha value is -2.14. The van der Waals surface area contributed by atoms with Crippen molar-refractivity contribution in [2.75, 3.05) is 0 Å². The zero-order chi connectivity index (χ0) is 15.4. The van der Waals surface area contributed by atoms with Gasteiger partial charge in [0, 0.05) is 6.08 Å². The molecule has 5 heteroatoms. The topological polar surface area (TPSA) is 46.5 Å². The first-order valence-corrected chi connectivity index (χ1v) is 6.89. The summed E-state index contributed by atoms with van der Waals surface area (Å²) in [6.45, 7) is 1.66. The molecule has 0 spiro atoms. The molecule has 0 bridgehead atoms. The predicted molar refractivity (Wildman–Crippen MR) is 82.0 cm³/mol. The van der Waals surface area contributed by atoms with Crippen molar-refractivity contribution in [2.45, 2.75) is 6.92 Å². The lowest BCUT2D eigenvalue weighted by Gasteiger charge is -2.09. The number of carbonyl (C=O) groups is 1. The summed E-state index contributed by atoms with van der Waals surface area (Å²) >= 11 is 3.36. The molecule has 0 aromatic heterocycles. The minimum Gasteiger partial charge on any atom is -0.478 e. The Morgan fingerprint density at radius 1 is 1.29 bits per heavy atom. The van der Waals surface area contributed by atoms with Crippen LogP contribution >= 0.6 is 15.9 Å². The van der Waals surface area contributed by atoms with Gasteiger partial charge >= 0.3 is 5.97 Å². The van der Waals surface area contributed by atoms with Crippen LogP contribution in [0.1, 0.15) is 11.1 Å². The molecule has 1 N–H and O–H groups in total. The third-order valence-corrected chi connectivity index (χ3v) is 3.35. The van der Waals surface area contributed by atoms with Crippen LogP contribution in [0.15, 0.2) is 46.9 Å². The standard InChI is InChI=1S/C16H12BrFO3/c1-10-8-12(4-5-14(10)18)21-15-6-2-11(9-13(15)17)3-7-16(19)20/h2-9H,1H3,(H,19,20)/b7-3+. The van der Waals surface area contributed by atoms with E-state index in [9.17, 15) is 9.18 Å². The monoisotopic (exact) mass is 350 g/mol. The molecule has 0 aliphatic heterocycles. The first-order chi connectivity index (χ1) is 9.95. The Balaban J connectivity index is 2.21. The molecular weight excluding hydrogens is 339 g/mol. The Kier molecular flexibility index (Phi) is 4.75. The maximum absolute atomic E-state index is 13.2. The first-order valence-electron chi connectivity index (χ1n) is 6.10. The summed E-state index contributed by atoms with van der Waals surface area (Å²) in [5.74, 6) is -0.194. The van der Waals surface area contributed by atoms with Gasteiger partial charge in [0.05, 0.1) is 4.47 Å². The van der Waals surface area contributed by atoms with Crippen molar-refractivity contribution in [1.82, 2.24) is 0 Å². The highest BCUT2D eigenvalue weighted by Crippen LogP contribution is 2.31. The van der Waals surface area contributed by atoms with Crippen LogP contribution in [-0.4, -0.2) is 11.1 Å². The molecule has 2 aromatic carbocycles. The molecular formula is C16H12BrFO3.